The van der Waals surface area contributed by atoms with Gasteiger partial charge in [-0.25, -0.2) is 0 Å². The summed E-state index contributed by atoms with van der Waals surface area (Å²) >= 11 is 0. The van der Waals surface area contributed by atoms with Crippen LogP contribution in [0, 0.1) is 0 Å². The van der Waals surface area contributed by atoms with Crippen molar-refractivity contribution in [3.63, 3.8) is 0 Å². The average Bonchev–Trinajstić information content (AvgIpc) is 3.52. The van der Waals surface area contributed by atoms with Gasteiger partial charge in [-0.05, 0) is 54.4 Å². The van der Waals surface area contributed by atoms with Crippen molar-refractivity contribution in [3.05, 3.63) is 84.1 Å². The second-order valence-electron chi connectivity index (χ2n) is 7.77. The van der Waals surface area contributed by atoms with E-state index in [9.17, 15) is 4.79 Å². The SMILES string of the molecule is O=C(Nc1cnn(Cc2cccc3ccccc23)c1)c1ccc(CN2CCCC2)o1. The van der Waals surface area contributed by atoms with Crippen LogP contribution in [0.1, 0.15) is 34.7 Å². The summed E-state index contributed by atoms with van der Waals surface area (Å²) in [5, 5.41) is 9.70. The molecule has 1 fully saturated rings. The molecule has 0 aliphatic carbocycles. The van der Waals surface area contributed by atoms with Gasteiger partial charge in [0.2, 0.25) is 0 Å². The summed E-state index contributed by atoms with van der Waals surface area (Å²) in [6.07, 6.45) is 5.97. The van der Waals surface area contributed by atoms with Gasteiger partial charge in [0.15, 0.2) is 5.76 Å². The summed E-state index contributed by atoms with van der Waals surface area (Å²) < 4.78 is 7.58. The standard InChI is InChI=1S/C24H24N4O2/c29-24(23-11-10-21(30-23)17-27-12-3-4-13-27)26-20-14-25-28(16-20)15-19-8-5-7-18-6-1-2-9-22(18)19/h1-2,5-11,14,16H,3-4,12-13,15,17H2,(H,26,29). The Hall–Kier alpha value is -3.38. The van der Waals surface area contributed by atoms with Crippen molar-refractivity contribution in [2.24, 2.45) is 0 Å². The third-order valence-electron chi connectivity index (χ3n) is 5.57. The Bertz CT molecular complexity index is 1170. The molecule has 5 rings (SSSR count). The minimum absolute atomic E-state index is 0.257. The van der Waals surface area contributed by atoms with Crippen molar-refractivity contribution < 1.29 is 9.21 Å². The number of aromatic nitrogens is 2. The Morgan fingerprint density at radius 1 is 1.00 bits per heavy atom. The van der Waals surface area contributed by atoms with E-state index in [4.69, 9.17) is 4.42 Å². The van der Waals surface area contributed by atoms with Crippen molar-refractivity contribution in [2.45, 2.75) is 25.9 Å². The van der Waals surface area contributed by atoms with E-state index in [0.717, 1.165) is 25.4 Å². The molecule has 30 heavy (non-hydrogen) atoms. The van der Waals surface area contributed by atoms with Crippen LogP contribution in [-0.2, 0) is 13.1 Å². The van der Waals surface area contributed by atoms with Crippen LogP contribution in [0.2, 0.25) is 0 Å². The monoisotopic (exact) mass is 400 g/mol. The van der Waals surface area contributed by atoms with Gasteiger partial charge in [0.1, 0.15) is 5.76 Å². The number of likely N-dealkylation sites (tertiary alicyclic amines) is 1. The van der Waals surface area contributed by atoms with Crippen molar-refractivity contribution in [1.82, 2.24) is 14.7 Å². The molecular formula is C24H24N4O2. The first-order valence-corrected chi connectivity index (χ1v) is 10.4. The number of amides is 1. The summed E-state index contributed by atoms with van der Waals surface area (Å²) in [6.45, 7) is 3.59. The van der Waals surface area contributed by atoms with Crippen LogP contribution >= 0.6 is 0 Å². The molecule has 0 spiro atoms. The van der Waals surface area contributed by atoms with Gasteiger partial charge in [-0.2, -0.15) is 5.10 Å². The molecule has 6 heteroatoms. The molecule has 0 unspecified atom stereocenters. The number of hydrogen-bond acceptors (Lipinski definition) is 4. The molecular weight excluding hydrogens is 376 g/mol. The van der Waals surface area contributed by atoms with Crippen molar-refractivity contribution in [2.75, 3.05) is 18.4 Å². The van der Waals surface area contributed by atoms with Crippen LogP contribution < -0.4 is 5.32 Å². The Balaban J connectivity index is 1.24. The molecule has 0 bridgehead atoms. The fraction of sp³-hybridized carbons (Fsp3) is 0.250. The molecule has 1 aliphatic heterocycles. The summed E-state index contributed by atoms with van der Waals surface area (Å²) in [5.74, 6) is 0.895. The Labute approximate surface area is 175 Å². The van der Waals surface area contributed by atoms with Gasteiger partial charge in [0.05, 0.1) is 25.0 Å². The molecule has 2 aromatic carbocycles. The van der Waals surface area contributed by atoms with Gasteiger partial charge in [0.25, 0.3) is 5.91 Å². The molecule has 4 aromatic rings. The quantitative estimate of drug-likeness (QED) is 0.517. The van der Waals surface area contributed by atoms with Crippen molar-refractivity contribution in [3.8, 4) is 0 Å². The van der Waals surface area contributed by atoms with E-state index in [0.29, 0.717) is 18.0 Å². The van der Waals surface area contributed by atoms with E-state index in [1.807, 2.05) is 29.1 Å². The fourth-order valence-electron chi connectivity index (χ4n) is 4.06. The number of rotatable bonds is 6. The summed E-state index contributed by atoms with van der Waals surface area (Å²) in [4.78, 5) is 14.9. The van der Waals surface area contributed by atoms with E-state index in [1.165, 1.54) is 29.2 Å². The number of anilines is 1. The van der Waals surface area contributed by atoms with Gasteiger partial charge >= 0.3 is 0 Å². The zero-order valence-electron chi connectivity index (χ0n) is 16.8. The largest absolute Gasteiger partial charge is 0.455 e. The highest BCUT2D eigenvalue weighted by Crippen LogP contribution is 2.20. The lowest BCUT2D eigenvalue weighted by atomic mass is 10.0. The van der Waals surface area contributed by atoms with E-state index >= 15 is 0 Å². The Morgan fingerprint density at radius 2 is 1.83 bits per heavy atom. The number of furan rings is 1. The predicted molar refractivity (Wildman–Crippen MR) is 116 cm³/mol. The van der Waals surface area contributed by atoms with Gasteiger partial charge < -0.3 is 9.73 Å². The van der Waals surface area contributed by atoms with Crippen molar-refractivity contribution >= 4 is 22.4 Å². The lowest BCUT2D eigenvalue weighted by Gasteiger charge is -2.11. The minimum Gasteiger partial charge on any atom is -0.455 e. The van der Waals surface area contributed by atoms with E-state index < -0.39 is 0 Å². The van der Waals surface area contributed by atoms with E-state index in [-0.39, 0.29) is 5.91 Å². The molecule has 3 heterocycles. The number of benzene rings is 2. The maximum Gasteiger partial charge on any atom is 0.291 e. The highest BCUT2D eigenvalue weighted by molar-refractivity contribution is 6.02. The topological polar surface area (TPSA) is 63.3 Å². The molecule has 152 valence electrons. The first kappa shape index (κ1) is 18.6. The lowest BCUT2D eigenvalue weighted by Crippen LogP contribution is -2.17. The molecule has 1 amide bonds. The van der Waals surface area contributed by atoms with E-state index in [2.05, 4.69) is 45.6 Å². The maximum atomic E-state index is 12.6. The Kier molecular flexibility index (Phi) is 5.07. The first-order valence-electron chi connectivity index (χ1n) is 10.4. The van der Waals surface area contributed by atoms with Crippen LogP contribution in [0.4, 0.5) is 5.69 Å². The zero-order valence-corrected chi connectivity index (χ0v) is 16.8. The zero-order chi connectivity index (χ0) is 20.3. The second-order valence-corrected chi connectivity index (χ2v) is 7.77. The normalized spacial score (nSPS) is 14.4. The van der Waals surface area contributed by atoms with Crippen LogP contribution in [-0.4, -0.2) is 33.7 Å². The summed E-state index contributed by atoms with van der Waals surface area (Å²) in [5.41, 5.74) is 1.84. The lowest BCUT2D eigenvalue weighted by molar-refractivity contribution is 0.0993. The number of nitrogens with one attached hydrogen (secondary N) is 1. The molecule has 1 aliphatic rings. The minimum atomic E-state index is -0.257. The van der Waals surface area contributed by atoms with Crippen LogP contribution in [0.15, 0.2) is 71.4 Å². The Morgan fingerprint density at radius 3 is 2.73 bits per heavy atom. The van der Waals surface area contributed by atoms with Crippen molar-refractivity contribution in [1.29, 1.82) is 0 Å². The molecule has 0 atom stereocenters. The van der Waals surface area contributed by atoms with Crippen LogP contribution in [0.5, 0.6) is 0 Å². The number of nitrogens with zero attached hydrogens (tertiary/aromatic N) is 3. The highest BCUT2D eigenvalue weighted by atomic mass is 16.4. The number of fused-ring (bicyclic) bond motifs is 1. The van der Waals surface area contributed by atoms with Gasteiger partial charge in [0, 0.05) is 6.20 Å². The molecule has 1 N–H and O–H groups in total. The first-order chi connectivity index (χ1) is 14.7. The predicted octanol–water partition coefficient (Wildman–Crippen LogP) is 4.53. The fourth-order valence-corrected chi connectivity index (χ4v) is 4.06. The molecule has 0 radical (unpaired) electrons. The highest BCUT2D eigenvalue weighted by Gasteiger charge is 2.16. The smallest absolute Gasteiger partial charge is 0.291 e. The number of hydrogen-bond donors (Lipinski definition) is 1. The van der Waals surface area contributed by atoms with Gasteiger partial charge in [-0.3, -0.25) is 14.4 Å². The molecule has 1 saturated heterocycles. The second kappa shape index (κ2) is 8.16. The van der Waals surface area contributed by atoms with Crippen LogP contribution in [0.25, 0.3) is 10.8 Å². The number of carbonyl (C=O) groups excluding carboxylic acids is 1. The summed E-state index contributed by atoms with van der Waals surface area (Å²) in [7, 11) is 0. The molecule has 0 saturated carbocycles. The third kappa shape index (κ3) is 4.00. The maximum absolute atomic E-state index is 12.6. The van der Waals surface area contributed by atoms with E-state index in [1.54, 1.807) is 12.3 Å². The summed E-state index contributed by atoms with van der Waals surface area (Å²) in [6, 6.07) is 18.2. The van der Waals surface area contributed by atoms with Gasteiger partial charge in [-0.1, -0.05) is 42.5 Å². The van der Waals surface area contributed by atoms with Crippen LogP contribution in [0.3, 0.4) is 0 Å². The molecule has 2 aromatic heterocycles. The number of carbonyl (C=O) groups is 1. The van der Waals surface area contributed by atoms with Gasteiger partial charge in [-0.15, -0.1) is 0 Å². The third-order valence-corrected chi connectivity index (χ3v) is 5.57. The molecule has 6 nitrogen and oxygen atoms in total. The average molecular weight is 400 g/mol.